The van der Waals surface area contributed by atoms with Crippen molar-refractivity contribution >= 4 is 29.9 Å². The topological polar surface area (TPSA) is 48.9 Å². The van der Waals surface area contributed by atoms with Crippen LogP contribution in [0, 0.1) is 5.92 Å². The minimum Gasteiger partial charge on any atom is -0.385 e. The Morgan fingerprint density at radius 1 is 1.22 bits per heavy atom. The molecule has 154 valence electrons. The van der Waals surface area contributed by atoms with Gasteiger partial charge in [0.1, 0.15) is 0 Å². The van der Waals surface area contributed by atoms with Crippen LogP contribution in [0.2, 0.25) is 0 Å². The van der Waals surface area contributed by atoms with Crippen LogP contribution in [-0.2, 0) is 17.8 Å². The van der Waals surface area contributed by atoms with Crippen LogP contribution in [0.15, 0.2) is 29.3 Å². The van der Waals surface area contributed by atoms with E-state index in [4.69, 9.17) is 9.73 Å². The third-order valence-corrected chi connectivity index (χ3v) is 4.86. The van der Waals surface area contributed by atoms with E-state index in [0.717, 1.165) is 44.5 Å². The highest BCUT2D eigenvalue weighted by molar-refractivity contribution is 14.0. The van der Waals surface area contributed by atoms with Crippen molar-refractivity contribution < 1.29 is 4.74 Å². The summed E-state index contributed by atoms with van der Waals surface area (Å²) in [6.45, 7) is 11.1. The summed E-state index contributed by atoms with van der Waals surface area (Å²) in [5, 5.41) is 6.66. The summed E-state index contributed by atoms with van der Waals surface area (Å²) < 4.78 is 5.09. The number of rotatable bonds is 9. The Kier molecular flexibility index (Phi) is 12.7. The van der Waals surface area contributed by atoms with Gasteiger partial charge in [-0.25, -0.2) is 4.99 Å². The van der Waals surface area contributed by atoms with E-state index >= 15 is 0 Å². The van der Waals surface area contributed by atoms with Crippen molar-refractivity contribution in [1.82, 2.24) is 15.5 Å². The van der Waals surface area contributed by atoms with Crippen molar-refractivity contribution in [3.63, 3.8) is 0 Å². The lowest BCUT2D eigenvalue weighted by Crippen LogP contribution is -2.38. The third kappa shape index (κ3) is 9.76. The largest absolute Gasteiger partial charge is 0.385 e. The lowest BCUT2D eigenvalue weighted by molar-refractivity contribution is 0.185. The molecule has 0 amide bonds. The number of hydrogen-bond donors (Lipinski definition) is 2. The van der Waals surface area contributed by atoms with Gasteiger partial charge in [0, 0.05) is 33.4 Å². The summed E-state index contributed by atoms with van der Waals surface area (Å²) in [6.07, 6.45) is 3.63. The van der Waals surface area contributed by atoms with Gasteiger partial charge < -0.3 is 15.4 Å². The summed E-state index contributed by atoms with van der Waals surface area (Å²) >= 11 is 0. The van der Waals surface area contributed by atoms with Gasteiger partial charge in [0.05, 0.1) is 6.54 Å². The van der Waals surface area contributed by atoms with Gasteiger partial charge in [-0.2, -0.15) is 0 Å². The quantitative estimate of drug-likeness (QED) is 0.241. The minimum absolute atomic E-state index is 0. The first-order chi connectivity index (χ1) is 12.7. The van der Waals surface area contributed by atoms with Crippen molar-refractivity contribution in [2.45, 2.75) is 46.2 Å². The molecule has 0 spiro atoms. The molecule has 0 aliphatic carbocycles. The van der Waals surface area contributed by atoms with E-state index in [1.807, 2.05) is 0 Å². The molecule has 0 bridgehead atoms. The van der Waals surface area contributed by atoms with Crippen LogP contribution in [0.4, 0.5) is 0 Å². The van der Waals surface area contributed by atoms with E-state index in [1.165, 1.54) is 37.1 Å². The maximum absolute atomic E-state index is 5.09. The Morgan fingerprint density at radius 3 is 2.67 bits per heavy atom. The number of piperidine rings is 1. The van der Waals surface area contributed by atoms with Gasteiger partial charge in [-0.3, -0.25) is 4.90 Å². The standard InChI is InChI=1S/C21H36N4O.HI/c1-4-22-21(23-11-6-14-26-3)24-16-19-7-5-8-20(15-19)17-25-12-9-18(2)10-13-25;/h5,7-8,15,18H,4,6,9-14,16-17H2,1-3H3,(H2,22,23,24);1H. The van der Waals surface area contributed by atoms with Gasteiger partial charge in [0.15, 0.2) is 5.96 Å². The fraction of sp³-hybridized carbons (Fsp3) is 0.667. The average molecular weight is 488 g/mol. The highest BCUT2D eigenvalue weighted by atomic mass is 127. The van der Waals surface area contributed by atoms with E-state index in [0.29, 0.717) is 6.54 Å². The predicted octanol–water partition coefficient (Wildman–Crippen LogP) is 3.63. The Hall–Kier alpha value is -0.860. The molecule has 1 aliphatic rings. The Morgan fingerprint density at radius 2 is 1.96 bits per heavy atom. The third-order valence-electron chi connectivity index (χ3n) is 4.86. The van der Waals surface area contributed by atoms with Crippen LogP contribution in [0.3, 0.4) is 0 Å². The first-order valence-electron chi connectivity index (χ1n) is 10.0. The lowest BCUT2D eigenvalue weighted by Gasteiger charge is -2.30. The summed E-state index contributed by atoms with van der Waals surface area (Å²) in [5.74, 6) is 1.76. The van der Waals surface area contributed by atoms with Crippen LogP contribution in [0.1, 0.15) is 44.2 Å². The normalized spacial score (nSPS) is 16.0. The Labute approximate surface area is 182 Å². The zero-order valence-electron chi connectivity index (χ0n) is 17.2. The number of likely N-dealkylation sites (tertiary alicyclic amines) is 1. The molecule has 1 aliphatic heterocycles. The molecule has 0 unspecified atom stereocenters. The Balaban J connectivity index is 0.00000364. The molecule has 0 radical (unpaired) electrons. The molecule has 5 nitrogen and oxygen atoms in total. The summed E-state index contributed by atoms with van der Waals surface area (Å²) in [5.41, 5.74) is 2.66. The van der Waals surface area contributed by atoms with Gasteiger partial charge in [-0.05, 0) is 56.3 Å². The van der Waals surface area contributed by atoms with E-state index in [9.17, 15) is 0 Å². The second-order valence-electron chi connectivity index (χ2n) is 7.25. The number of ether oxygens (including phenoxy) is 1. The summed E-state index contributed by atoms with van der Waals surface area (Å²) in [7, 11) is 1.73. The fourth-order valence-corrected chi connectivity index (χ4v) is 3.24. The number of methoxy groups -OCH3 is 1. The van der Waals surface area contributed by atoms with Gasteiger partial charge >= 0.3 is 0 Å². The maximum Gasteiger partial charge on any atom is 0.191 e. The number of hydrogen-bond acceptors (Lipinski definition) is 3. The molecule has 1 aromatic rings. The van der Waals surface area contributed by atoms with Crippen LogP contribution in [0.5, 0.6) is 0 Å². The highest BCUT2D eigenvalue weighted by Crippen LogP contribution is 2.18. The first-order valence-corrected chi connectivity index (χ1v) is 10.0. The zero-order valence-corrected chi connectivity index (χ0v) is 19.5. The van der Waals surface area contributed by atoms with Gasteiger partial charge in [0.2, 0.25) is 0 Å². The second-order valence-corrected chi connectivity index (χ2v) is 7.25. The minimum atomic E-state index is 0. The van der Waals surface area contributed by atoms with Crippen LogP contribution < -0.4 is 10.6 Å². The Bertz CT molecular complexity index is 545. The number of nitrogens with one attached hydrogen (secondary N) is 2. The molecule has 2 rings (SSSR count). The van der Waals surface area contributed by atoms with Crippen molar-refractivity contribution in [3.8, 4) is 0 Å². The van der Waals surface area contributed by atoms with Crippen molar-refractivity contribution in [2.24, 2.45) is 10.9 Å². The number of guanidine groups is 1. The van der Waals surface area contributed by atoms with Crippen molar-refractivity contribution in [3.05, 3.63) is 35.4 Å². The molecule has 6 heteroatoms. The van der Waals surface area contributed by atoms with E-state index in [2.05, 4.69) is 53.6 Å². The first kappa shape index (κ1) is 24.2. The molecule has 0 aromatic heterocycles. The monoisotopic (exact) mass is 488 g/mol. The van der Waals surface area contributed by atoms with Gasteiger partial charge in [-0.1, -0.05) is 31.2 Å². The zero-order chi connectivity index (χ0) is 18.6. The number of benzene rings is 1. The lowest BCUT2D eigenvalue weighted by atomic mass is 9.98. The molecule has 1 fully saturated rings. The average Bonchev–Trinajstić information content (AvgIpc) is 2.65. The van der Waals surface area contributed by atoms with Crippen molar-refractivity contribution in [1.29, 1.82) is 0 Å². The molecule has 1 saturated heterocycles. The molecule has 0 saturated carbocycles. The SMILES string of the molecule is CCNC(=NCc1cccc(CN2CCC(C)CC2)c1)NCCCOC.I. The van der Waals surface area contributed by atoms with E-state index in [1.54, 1.807) is 7.11 Å². The second kappa shape index (κ2) is 14.2. The molecule has 0 atom stereocenters. The fourth-order valence-electron chi connectivity index (χ4n) is 3.24. The van der Waals surface area contributed by atoms with Crippen LogP contribution in [0.25, 0.3) is 0 Å². The molecule has 2 N–H and O–H groups in total. The summed E-state index contributed by atoms with van der Waals surface area (Å²) in [6, 6.07) is 8.86. The number of nitrogens with zero attached hydrogens (tertiary/aromatic N) is 2. The molecular weight excluding hydrogens is 451 g/mol. The summed E-state index contributed by atoms with van der Waals surface area (Å²) in [4.78, 5) is 7.29. The van der Waals surface area contributed by atoms with Crippen molar-refractivity contribution in [2.75, 3.05) is 39.9 Å². The van der Waals surface area contributed by atoms with E-state index in [-0.39, 0.29) is 24.0 Å². The molecular formula is C21H37IN4O. The van der Waals surface area contributed by atoms with Gasteiger partial charge in [-0.15, -0.1) is 24.0 Å². The molecule has 27 heavy (non-hydrogen) atoms. The predicted molar refractivity (Wildman–Crippen MR) is 125 cm³/mol. The smallest absolute Gasteiger partial charge is 0.191 e. The van der Waals surface area contributed by atoms with Crippen LogP contribution in [-0.4, -0.2) is 50.8 Å². The maximum atomic E-state index is 5.09. The van der Waals surface area contributed by atoms with E-state index < -0.39 is 0 Å². The molecule has 1 heterocycles. The highest BCUT2D eigenvalue weighted by Gasteiger charge is 2.15. The van der Waals surface area contributed by atoms with Gasteiger partial charge in [0.25, 0.3) is 0 Å². The number of halogens is 1. The van der Waals surface area contributed by atoms with Crippen LogP contribution >= 0.6 is 24.0 Å². The molecule has 1 aromatic carbocycles. The number of aliphatic imine (C=N–C) groups is 1.